The van der Waals surface area contributed by atoms with Crippen LogP contribution in [0.2, 0.25) is 0 Å². The van der Waals surface area contributed by atoms with E-state index in [9.17, 15) is 8.42 Å². The summed E-state index contributed by atoms with van der Waals surface area (Å²) in [4.78, 5) is 16.7. The lowest BCUT2D eigenvalue weighted by Gasteiger charge is -2.05. The van der Waals surface area contributed by atoms with Crippen LogP contribution in [0.25, 0.3) is 51.9 Å². The molecule has 5 heterocycles. The van der Waals surface area contributed by atoms with Gasteiger partial charge in [-0.25, -0.2) is 9.97 Å². The van der Waals surface area contributed by atoms with Crippen molar-refractivity contribution in [3.05, 3.63) is 89.0 Å². The molecule has 6 rings (SSSR count). The molecule has 6 nitrogen and oxygen atoms in total. The number of hydrogen-bond donors (Lipinski definition) is 2. The van der Waals surface area contributed by atoms with E-state index in [1.165, 1.54) is 0 Å². The van der Waals surface area contributed by atoms with Crippen LogP contribution < -0.4 is 0 Å². The van der Waals surface area contributed by atoms with Crippen molar-refractivity contribution >= 4 is 67.1 Å². The van der Waals surface area contributed by atoms with Gasteiger partial charge in [0.05, 0.1) is 27.6 Å². The molecule has 0 unspecified atom stereocenters. The van der Waals surface area contributed by atoms with Crippen LogP contribution in [-0.2, 0) is 10.3 Å². The number of nitrogens with zero attached hydrogens (tertiary/aromatic N) is 2. The van der Waals surface area contributed by atoms with Crippen LogP contribution >= 0.6 is 0 Å². The molecule has 3 aliphatic rings. The third kappa shape index (κ3) is 3.90. The average molecular weight is 451 g/mol. The molecule has 0 atom stereocenters. The maximum absolute atomic E-state index is 11.3. The highest BCUT2D eigenvalue weighted by Crippen LogP contribution is 2.27. The first-order chi connectivity index (χ1) is 16.1. The van der Waals surface area contributed by atoms with E-state index in [0.29, 0.717) is 11.3 Å². The van der Waals surface area contributed by atoms with E-state index in [2.05, 4.69) is 16.0 Å². The molecule has 160 valence electrons. The van der Waals surface area contributed by atoms with Crippen molar-refractivity contribution in [1.29, 1.82) is 0 Å². The molecule has 8 bridgehead atoms. The largest absolute Gasteiger partial charge is 0.355 e. The third-order valence-corrected chi connectivity index (χ3v) is 6.40. The minimum absolute atomic E-state index is 0.376. The second-order valence-corrected chi connectivity index (χ2v) is 8.98. The lowest BCUT2D eigenvalue weighted by Crippen LogP contribution is -1.98. The lowest BCUT2D eigenvalue weighted by molar-refractivity contribution is 0.627. The maximum Gasteiger partial charge on any atom is 0.217 e. The lowest BCUT2D eigenvalue weighted by atomic mass is 10.0. The monoisotopic (exact) mass is 450 g/mol. The van der Waals surface area contributed by atoms with Crippen LogP contribution in [0.3, 0.4) is 0 Å². The van der Waals surface area contributed by atoms with Crippen molar-refractivity contribution in [2.45, 2.75) is 6.42 Å². The van der Waals surface area contributed by atoms with Gasteiger partial charge in [-0.3, -0.25) is 0 Å². The minimum Gasteiger partial charge on any atom is -0.355 e. The first-order valence-corrected chi connectivity index (χ1v) is 11.6. The van der Waals surface area contributed by atoms with Gasteiger partial charge in [-0.05, 0) is 78.4 Å². The number of hydrogen-bond acceptors (Lipinski definition) is 4. The first kappa shape index (κ1) is 19.5. The second kappa shape index (κ2) is 7.72. The van der Waals surface area contributed by atoms with Gasteiger partial charge in [0.1, 0.15) is 0 Å². The summed E-state index contributed by atoms with van der Waals surface area (Å²) in [7, 11) is -2.20. The molecule has 1 aliphatic carbocycles. The van der Waals surface area contributed by atoms with Gasteiger partial charge in [-0.1, -0.05) is 12.2 Å². The molecule has 3 aromatic heterocycles. The van der Waals surface area contributed by atoms with Crippen molar-refractivity contribution in [2.24, 2.45) is 0 Å². The Kier molecular flexibility index (Phi) is 4.55. The van der Waals surface area contributed by atoms with Gasteiger partial charge in [-0.15, -0.1) is 0 Å². The molecule has 2 aliphatic heterocycles. The van der Waals surface area contributed by atoms with E-state index >= 15 is 0 Å². The molecule has 0 aromatic carbocycles. The quantitative estimate of drug-likeness (QED) is 0.350. The zero-order chi connectivity index (χ0) is 22.4. The summed E-state index contributed by atoms with van der Waals surface area (Å²) in [6, 6.07) is 14.1. The Labute approximate surface area is 190 Å². The molecule has 0 saturated heterocycles. The Balaban J connectivity index is 1.61. The fourth-order valence-electron chi connectivity index (χ4n) is 4.11. The highest BCUT2D eigenvalue weighted by molar-refractivity contribution is 7.73. The zero-order valence-electron chi connectivity index (χ0n) is 17.4. The number of allylic oxidation sites excluding steroid dienone is 4. The summed E-state index contributed by atoms with van der Waals surface area (Å²) in [5.74, 6) is 0. The smallest absolute Gasteiger partial charge is 0.217 e. The summed E-state index contributed by atoms with van der Waals surface area (Å²) in [6.45, 7) is 0. The Morgan fingerprint density at radius 2 is 1.27 bits per heavy atom. The number of H-pyrrole nitrogens is 2. The van der Waals surface area contributed by atoms with Crippen molar-refractivity contribution in [3.63, 3.8) is 0 Å². The molecule has 0 amide bonds. The van der Waals surface area contributed by atoms with Gasteiger partial charge >= 0.3 is 0 Å². The molecule has 2 N–H and O–H groups in total. The van der Waals surface area contributed by atoms with Crippen LogP contribution in [-0.4, -0.2) is 33.2 Å². The predicted molar refractivity (Wildman–Crippen MR) is 135 cm³/mol. The fourth-order valence-corrected chi connectivity index (χ4v) is 4.51. The van der Waals surface area contributed by atoms with Crippen LogP contribution in [0.15, 0.2) is 60.7 Å². The van der Waals surface area contributed by atoms with Crippen molar-refractivity contribution in [1.82, 2.24) is 19.9 Å². The standard InChI is InChI=1S/C26H18N4O2S/c31-33(32)24-9-1-16(2-10-24)25-14-23-13-21-6-5-19(28-21)11-17-3-4-18(27-17)12-20-7-8-22(29-20)15-26(25)30-23/h1-9,11-15,27,30H,10H2. The Bertz CT molecular complexity index is 1740. The molecule has 7 heteroatoms. The summed E-state index contributed by atoms with van der Waals surface area (Å²) in [5, 5.41) is 0. The molecular formula is C26H18N4O2S. The summed E-state index contributed by atoms with van der Waals surface area (Å²) >= 11 is 0. The van der Waals surface area contributed by atoms with Crippen molar-refractivity contribution in [2.75, 3.05) is 0 Å². The Morgan fingerprint density at radius 3 is 1.85 bits per heavy atom. The average Bonchev–Trinajstić information content (AvgIpc) is 3.59. The molecule has 0 spiro atoms. The number of rotatable bonds is 1. The molecule has 0 fully saturated rings. The van der Waals surface area contributed by atoms with Crippen LogP contribution in [0.5, 0.6) is 0 Å². The number of aromatic nitrogens is 4. The Hall–Kier alpha value is -4.23. The molecule has 3 aromatic rings. The third-order valence-electron chi connectivity index (χ3n) is 5.67. The number of nitrogens with one attached hydrogen (secondary N) is 2. The highest BCUT2D eigenvalue weighted by atomic mass is 32.2. The second-order valence-electron chi connectivity index (χ2n) is 7.99. The maximum atomic E-state index is 11.3. The topological polar surface area (TPSA) is 91.5 Å². The normalized spacial score (nSPS) is 14.5. The zero-order valence-corrected chi connectivity index (χ0v) is 18.2. The first-order valence-electron chi connectivity index (χ1n) is 10.5. The van der Waals surface area contributed by atoms with Gasteiger partial charge in [0.15, 0.2) is 0 Å². The highest BCUT2D eigenvalue weighted by Gasteiger charge is 2.11. The van der Waals surface area contributed by atoms with E-state index in [0.717, 1.165) is 56.0 Å². The SMILES string of the molecule is O=S(=O)=C1C=CC(c2cc3cc4nc(cc5ccc(cc6nc(cc2[nH]3)C=C6)[nH]5)C=C4)=CC1. The molecule has 33 heavy (non-hydrogen) atoms. The van der Waals surface area contributed by atoms with E-state index in [4.69, 9.17) is 9.97 Å². The van der Waals surface area contributed by atoms with Gasteiger partial charge in [0.25, 0.3) is 0 Å². The van der Waals surface area contributed by atoms with Crippen LogP contribution in [0.4, 0.5) is 0 Å². The summed E-state index contributed by atoms with van der Waals surface area (Å²) < 4.78 is 22.6. The summed E-state index contributed by atoms with van der Waals surface area (Å²) in [5.41, 5.74) is 9.14. The van der Waals surface area contributed by atoms with E-state index < -0.39 is 10.3 Å². The van der Waals surface area contributed by atoms with Gasteiger partial charge in [-0.2, -0.15) is 8.42 Å². The Morgan fingerprint density at radius 1 is 0.667 bits per heavy atom. The molecule has 0 saturated carbocycles. The molecular weight excluding hydrogens is 432 g/mol. The van der Waals surface area contributed by atoms with Gasteiger partial charge < -0.3 is 9.97 Å². The molecule has 0 radical (unpaired) electrons. The van der Waals surface area contributed by atoms with E-state index in [1.807, 2.05) is 72.9 Å². The van der Waals surface area contributed by atoms with Gasteiger partial charge in [0.2, 0.25) is 10.3 Å². The minimum atomic E-state index is -2.20. The van der Waals surface area contributed by atoms with Gasteiger partial charge in [0, 0.05) is 34.1 Å². The number of aromatic amines is 2. The van der Waals surface area contributed by atoms with Crippen molar-refractivity contribution in [3.8, 4) is 0 Å². The van der Waals surface area contributed by atoms with E-state index in [-0.39, 0.29) is 0 Å². The van der Waals surface area contributed by atoms with E-state index in [1.54, 1.807) is 6.08 Å². The van der Waals surface area contributed by atoms with Crippen molar-refractivity contribution < 1.29 is 8.42 Å². The van der Waals surface area contributed by atoms with Crippen LogP contribution in [0, 0.1) is 0 Å². The fraction of sp³-hybridized carbons (Fsp3) is 0.0385. The summed E-state index contributed by atoms with van der Waals surface area (Å²) in [6.07, 6.45) is 13.8. The van der Waals surface area contributed by atoms with Crippen LogP contribution in [0.1, 0.15) is 34.8 Å². The number of fused-ring (bicyclic) bond motifs is 8. The predicted octanol–water partition coefficient (Wildman–Crippen LogP) is 5.05.